The minimum atomic E-state index is -0.656. The smallest absolute Gasteiger partial charge is 0.251 e. The van der Waals surface area contributed by atoms with Crippen LogP contribution >= 0.6 is 0 Å². The van der Waals surface area contributed by atoms with Crippen LogP contribution in [0, 0.1) is 5.95 Å². The number of halogens is 1. The molecule has 1 amide bonds. The Balaban J connectivity index is 2.01. The Morgan fingerprint density at radius 1 is 1.53 bits per heavy atom. The number of nitrogens with zero attached hydrogens (tertiary/aromatic N) is 2. The van der Waals surface area contributed by atoms with Crippen molar-refractivity contribution in [1.82, 2.24) is 14.9 Å². The van der Waals surface area contributed by atoms with Crippen LogP contribution in [0.2, 0.25) is 0 Å². The lowest BCUT2D eigenvalue weighted by atomic mass is 10.2. The third kappa shape index (κ3) is 2.69. The predicted octanol–water partition coefficient (Wildman–Crippen LogP) is 1.49. The van der Waals surface area contributed by atoms with Crippen molar-refractivity contribution >= 4 is 5.91 Å². The number of carbonyl (C=O) groups excluding carboxylic acids is 1. The van der Waals surface area contributed by atoms with E-state index in [1.807, 2.05) is 29.9 Å². The van der Waals surface area contributed by atoms with Crippen LogP contribution in [-0.2, 0) is 13.6 Å². The van der Waals surface area contributed by atoms with Crippen LogP contribution in [0.3, 0.4) is 0 Å². The van der Waals surface area contributed by atoms with Crippen molar-refractivity contribution in [2.24, 2.45) is 7.05 Å². The molecule has 0 saturated heterocycles. The third-order valence-electron chi connectivity index (χ3n) is 2.47. The zero-order valence-electron chi connectivity index (χ0n) is 9.35. The lowest BCUT2D eigenvalue weighted by Crippen LogP contribution is -2.24. The second-order valence-corrected chi connectivity index (χ2v) is 3.66. The molecular formula is C12H12FN3O. The molecule has 0 bridgehead atoms. The van der Waals surface area contributed by atoms with Gasteiger partial charge in [0.05, 0.1) is 6.54 Å². The fourth-order valence-electron chi connectivity index (χ4n) is 1.50. The molecule has 0 aliphatic heterocycles. The zero-order valence-corrected chi connectivity index (χ0v) is 9.35. The Labute approximate surface area is 98.1 Å². The molecule has 0 unspecified atom stereocenters. The van der Waals surface area contributed by atoms with Gasteiger partial charge in [0.1, 0.15) is 0 Å². The Kier molecular flexibility index (Phi) is 3.18. The van der Waals surface area contributed by atoms with Gasteiger partial charge in [0, 0.05) is 36.8 Å². The largest absolute Gasteiger partial charge is 0.353 e. The molecule has 2 rings (SSSR count). The molecule has 4 nitrogen and oxygen atoms in total. The summed E-state index contributed by atoms with van der Waals surface area (Å²) in [7, 11) is 1.90. The van der Waals surface area contributed by atoms with Crippen LogP contribution in [-0.4, -0.2) is 15.5 Å². The van der Waals surface area contributed by atoms with Crippen LogP contribution in [0.15, 0.2) is 36.7 Å². The highest BCUT2D eigenvalue weighted by Gasteiger charge is 2.07. The topological polar surface area (TPSA) is 46.9 Å². The Morgan fingerprint density at radius 2 is 2.35 bits per heavy atom. The zero-order chi connectivity index (χ0) is 12.3. The summed E-state index contributed by atoms with van der Waals surface area (Å²) in [6, 6.07) is 6.39. The normalized spacial score (nSPS) is 10.2. The first-order chi connectivity index (χ1) is 8.16. The van der Waals surface area contributed by atoms with Crippen LogP contribution < -0.4 is 5.32 Å². The van der Waals surface area contributed by atoms with Gasteiger partial charge in [-0.2, -0.15) is 4.39 Å². The molecule has 2 heterocycles. The van der Waals surface area contributed by atoms with Crippen molar-refractivity contribution in [1.29, 1.82) is 0 Å². The van der Waals surface area contributed by atoms with E-state index in [1.54, 1.807) is 0 Å². The van der Waals surface area contributed by atoms with Crippen molar-refractivity contribution in [3.05, 3.63) is 53.9 Å². The molecule has 1 N–H and O–H groups in total. The van der Waals surface area contributed by atoms with Crippen molar-refractivity contribution in [2.75, 3.05) is 0 Å². The molecule has 0 fully saturated rings. The van der Waals surface area contributed by atoms with Gasteiger partial charge in [0.15, 0.2) is 0 Å². The number of aryl methyl sites for hydroxylation is 1. The van der Waals surface area contributed by atoms with E-state index in [4.69, 9.17) is 0 Å². The lowest BCUT2D eigenvalue weighted by molar-refractivity contribution is 0.0949. The highest BCUT2D eigenvalue weighted by Crippen LogP contribution is 2.02. The van der Waals surface area contributed by atoms with Crippen molar-refractivity contribution in [3.63, 3.8) is 0 Å². The number of pyridine rings is 1. The van der Waals surface area contributed by atoms with Gasteiger partial charge >= 0.3 is 0 Å². The number of carbonyl (C=O) groups is 1. The first-order valence-corrected chi connectivity index (χ1v) is 5.17. The van der Waals surface area contributed by atoms with Crippen LogP contribution in [0.4, 0.5) is 4.39 Å². The Morgan fingerprint density at radius 3 is 3.00 bits per heavy atom. The van der Waals surface area contributed by atoms with E-state index < -0.39 is 5.95 Å². The number of nitrogens with one attached hydrogen (secondary N) is 1. The molecule has 5 heteroatoms. The molecule has 0 aromatic carbocycles. The van der Waals surface area contributed by atoms with E-state index in [-0.39, 0.29) is 11.5 Å². The van der Waals surface area contributed by atoms with Crippen LogP contribution in [0.1, 0.15) is 16.1 Å². The first-order valence-electron chi connectivity index (χ1n) is 5.17. The van der Waals surface area contributed by atoms with Crippen LogP contribution in [0.25, 0.3) is 0 Å². The number of amides is 1. The van der Waals surface area contributed by atoms with Gasteiger partial charge in [0.2, 0.25) is 5.95 Å². The molecule has 0 aliphatic carbocycles. The third-order valence-corrected chi connectivity index (χ3v) is 2.47. The van der Waals surface area contributed by atoms with Crippen LogP contribution in [0.5, 0.6) is 0 Å². The SMILES string of the molecule is Cn1cccc1CNC(=O)c1ccnc(F)c1. The van der Waals surface area contributed by atoms with Gasteiger partial charge < -0.3 is 9.88 Å². The maximum atomic E-state index is 12.8. The molecule has 2 aromatic heterocycles. The number of rotatable bonds is 3. The summed E-state index contributed by atoms with van der Waals surface area (Å²) < 4.78 is 14.7. The highest BCUT2D eigenvalue weighted by atomic mass is 19.1. The van der Waals surface area contributed by atoms with Gasteiger partial charge in [-0.25, -0.2) is 4.98 Å². The molecular weight excluding hydrogens is 221 g/mol. The summed E-state index contributed by atoms with van der Waals surface area (Å²) in [5, 5.41) is 2.72. The highest BCUT2D eigenvalue weighted by molar-refractivity contribution is 5.93. The molecule has 0 saturated carbocycles. The average molecular weight is 233 g/mol. The number of aromatic nitrogens is 2. The fraction of sp³-hybridized carbons (Fsp3) is 0.167. The maximum Gasteiger partial charge on any atom is 0.251 e. The quantitative estimate of drug-likeness (QED) is 0.816. The summed E-state index contributed by atoms with van der Waals surface area (Å²) in [6.45, 7) is 0.409. The van der Waals surface area contributed by atoms with Gasteiger partial charge in [0.25, 0.3) is 5.91 Å². The Hall–Kier alpha value is -2.17. The monoisotopic (exact) mass is 233 g/mol. The standard InChI is InChI=1S/C12H12FN3O/c1-16-6-2-3-10(16)8-15-12(17)9-4-5-14-11(13)7-9/h2-7H,8H2,1H3,(H,15,17). The van der Waals surface area contributed by atoms with Crippen molar-refractivity contribution in [2.45, 2.75) is 6.54 Å². The fourth-order valence-corrected chi connectivity index (χ4v) is 1.50. The molecule has 2 aromatic rings. The van der Waals surface area contributed by atoms with E-state index in [9.17, 15) is 9.18 Å². The molecule has 17 heavy (non-hydrogen) atoms. The molecule has 88 valence electrons. The summed E-state index contributed by atoms with van der Waals surface area (Å²) >= 11 is 0. The summed E-state index contributed by atoms with van der Waals surface area (Å²) in [5.41, 5.74) is 1.25. The van der Waals surface area contributed by atoms with Gasteiger partial charge in [-0.1, -0.05) is 0 Å². The molecule has 0 aliphatic rings. The molecule has 0 radical (unpaired) electrons. The minimum absolute atomic E-state index is 0.270. The number of hydrogen-bond donors (Lipinski definition) is 1. The summed E-state index contributed by atoms with van der Waals surface area (Å²) in [6.07, 6.45) is 3.17. The van der Waals surface area contributed by atoms with Crippen molar-refractivity contribution in [3.8, 4) is 0 Å². The van der Waals surface area contributed by atoms with E-state index >= 15 is 0 Å². The van der Waals surface area contributed by atoms with E-state index in [0.29, 0.717) is 6.54 Å². The summed E-state index contributed by atoms with van der Waals surface area (Å²) in [4.78, 5) is 15.1. The average Bonchev–Trinajstić information content (AvgIpc) is 2.72. The van der Waals surface area contributed by atoms with Gasteiger partial charge in [-0.15, -0.1) is 0 Å². The first kappa shape index (κ1) is 11.3. The Bertz CT molecular complexity index is 536. The second-order valence-electron chi connectivity index (χ2n) is 3.66. The molecule has 0 spiro atoms. The molecule has 0 atom stereocenters. The van der Waals surface area contributed by atoms with Crippen molar-refractivity contribution < 1.29 is 9.18 Å². The van der Waals surface area contributed by atoms with Gasteiger partial charge in [-0.05, 0) is 18.2 Å². The number of hydrogen-bond acceptors (Lipinski definition) is 2. The second kappa shape index (κ2) is 4.78. The minimum Gasteiger partial charge on any atom is -0.353 e. The lowest BCUT2D eigenvalue weighted by Gasteiger charge is -2.06. The summed E-state index contributed by atoms with van der Waals surface area (Å²) in [5.74, 6) is -0.969. The van der Waals surface area contributed by atoms with Gasteiger partial charge in [-0.3, -0.25) is 4.79 Å². The van der Waals surface area contributed by atoms with E-state index in [2.05, 4.69) is 10.3 Å². The predicted molar refractivity (Wildman–Crippen MR) is 60.8 cm³/mol. The van der Waals surface area contributed by atoms with E-state index in [1.165, 1.54) is 12.3 Å². The van der Waals surface area contributed by atoms with E-state index in [0.717, 1.165) is 11.8 Å². The maximum absolute atomic E-state index is 12.8.